The minimum absolute atomic E-state index is 0.116. The summed E-state index contributed by atoms with van der Waals surface area (Å²) in [5.41, 5.74) is 7.82. The molecule has 0 aliphatic carbocycles. The standard InChI is InChI=1S/C14H17N5S/c1-14(2,3)19-11-8(7-16-19)5-6-9-10(11)17-13(20-4)18-12(9)15/h5-7H,1-4H3,(H2,15,17,18). The molecule has 104 valence electrons. The van der Waals surface area contributed by atoms with Gasteiger partial charge in [0.05, 0.1) is 17.3 Å². The Morgan fingerprint density at radius 1 is 1.20 bits per heavy atom. The molecule has 6 heteroatoms. The lowest BCUT2D eigenvalue weighted by Gasteiger charge is -2.21. The number of nitrogens with zero attached hydrogens (tertiary/aromatic N) is 4. The van der Waals surface area contributed by atoms with Crippen molar-refractivity contribution in [3.8, 4) is 0 Å². The first-order chi connectivity index (χ1) is 9.41. The second kappa shape index (κ2) is 4.34. The first kappa shape index (κ1) is 13.2. The topological polar surface area (TPSA) is 69.6 Å². The summed E-state index contributed by atoms with van der Waals surface area (Å²) in [5, 5.41) is 7.14. The minimum Gasteiger partial charge on any atom is -0.383 e. The second-order valence-corrected chi connectivity index (χ2v) is 6.50. The monoisotopic (exact) mass is 287 g/mol. The number of nitrogens with two attached hydrogens (primary N) is 1. The van der Waals surface area contributed by atoms with Crippen LogP contribution in [0.25, 0.3) is 21.8 Å². The molecule has 0 saturated heterocycles. The van der Waals surface area contributed by atoms with Gasteiger partial charge in [-0.15, -0.1) is 0 Å². The lowest BCUT2D eigenvalue weighted by molar-refractivity contribution is 0.369. The summed E-state index contributed by atoms with van der Waals surface area (Å²) in [5.74, 6) is 0.517. The molecule has 0 amide bonds. The van der Waals surface area contributed by atoms with Crippen molar-refractivity contribution in [1.82, 2.24) is 19.7 Å². The molecule has 0 atom stereocenters. The third-order valence-electron chi connectivity index (χ3n) is 3.22. The molecule has 2 aromatic heterocycles. The van der Waals surface area contributed by atoms with Crippen LogP contribution in [0.3, 0.4) is 0 Å². The van der Waals surface area contributed by atoms with E-state index in [1.54, 1.807) is 0 Å². The Labute approximate surface area is 121 Å². The Hall–Kier alpha value is -1.82. The van der Waals surface area contributed by atoms with Crippen LogP contribution in [0, 0.1) is 0 Å². The number of hydrogen-bond donors (Lipinski definition) is 1. The van der Waals surface area contributed by atoms with Crippen molar-refractivity contribution >= 4 is 39.4 Å². The van der Waals surface area contributed by atoms with Crippen molar-refractivity contribution in [2.24, 2.45) is 0 Å². The van der Waals surface area contributed by atoms with Crippen LogP contribution in [0.1, 0.15) is 20.8 Å². The molecule has 20 heavy (non-hydrogen) atoms. The van der Waals surface area contributed by atoms with Crippen molar-refractivity contribution < 1.29 is 0 Å². The largest absolute Gasteiger partial charge is 0.383 e. The van der Waals surface area contributed by atoms with Crippen LogP contribution < -0.4 is 5.73 Å². The zero-order chi connectivity index (χ0) is 14.5. The van der Waals surface area contributed by atoms with Crippen LogP contribution >= 0.6 is 11.8 Å². The van der Waals surface area contributed by atoms with E-state index in [1.165, 1.54) is 11.8 Å². The van der Waals surface area contributed by atoms with E-state index in [4.69, 9.17) is 5.73 Å². The maximum Gasteiger partial charge on any atom is 0.189 e. The number of anilines is 1. The molecule has 0 saturated carbocycles. The van der Waals surface area contributed by atoms with Crippen molar-refractivity contribution in [2.75, 3.05) is 12.0 Å². The Morgan fingerprint density at radius 2 is 1.95 bits per heavy atom. The van der Waals surface area contributed by atoms with E-state index in [0.717, 1.165) is 21.8 Å². The van der Waals surface area contributed by atoms with E-state index >= 15 is 0 Å². The van der Waals surface area contributed by atoms with Gasteiger partial charge in [0, 0.05) is 10.8 Å². The van der Waals surface area contributed by atoms with Crippen LogP contribution in [0.15, 0.2) is 23.5 Å². The number of benzene rings is 1. The predicted molar refractivity (Wildman–Crippen MR) is 84.0 cm³/mol. The molecule has 0 fully saturated rings. The molecule has 0 aliphatic heterocycles. The molecule has 2 N–H and O–H groups in total. The summed E-state index contributed by atoms with van der Waals surface area (Å²) >= 11 is 1.49. The van der Waals surface area contributed by atoms with Gasteiger partial charge in [-0.25, -0.2) is 9.97 Å². The van der Waals surface area contributed by atoms with E-state index in [-0.39, 0.29) is 5.54 Å². The van der Waals surface area contributed by atoms with E-state index < -0.39 is 0 Å². The predicted octanol–water partition coefficient (Wildman–Crippen LogP) is 3.04. The van der Waals surface area contributed by atoms with Crippen LogP contribution in [-0.2, 0) is 5.54 Å². The highest BCUT2D eigenvalue weighted by Gasteiger charge is 2.20. The number of nitrogen functional groups attached to an aromatic ring is 1. The summed E-state index contributed by atoms with van der Waals surface area (Å²) in [4.78, 5) is 8.94. The van der Waals surface area contributed by atoms with Crippen LogP contribution in [0.5, 0.6) is 0 Å². The molecule has 5 nitrogen and oxygen atoms in total. The number of thioether (sulfide) groups is 1. The van der Waals surface area contributed by atoms with Gasteiger partial charge in [-0.05, 0) is 33.1 Å². The molecule has 0 aliphatic rings. The lowest BCUT2D eigenvalue weighted by atomic mass is 10.1. The van der Waals surface area contributed by atoms with E-state index in [1.807, 2.05) is 29.3 Å². The van der Waals surface area contributed by atoms with Gasteiger partial charge in [0.2, 0.25) is 0 Å². The third-order valence-corrected chi connectivity index (χ3v) is 3.77. The maximum absolute atomic E-state index is 6.06. The molecule has 3 rings (SSSR count). The zero-order valence-corrected chi connectivity index (χ0v) is 12.8. The van der Waals surface area contributed by atoms with Gasteiger partial charge >= 0.3 is 0 Å². The first-order valence-electron chi connectivity index (χ1n) is 6.40. The van der Waals surface area contributed by atoms with Crippen LogP contribution in [0.4, 0.5) is 5.82 Å². The summed E-state index contributed by atoms with van der Waals surface area (Å²) in [6.07, 6.45) is 3.82. The van der Waals surface area contributed by atoms with Crippen LogP contribution in [-0.4, -0.2) is 26.0 Å². The number of rotatable bonds is 1. The molecule has 2 heterocycles. The first-order valence-corrected chi connectivity index (χ1v) is 7.62. The normalized spacial score (nSPS) is 12.4. The fourth-order valence-electron chi connectivity index (χ4n) is 2.30. The summed E-state index contributed by atoms with van der Waals surface area (Å²) < 4.78 is 2.00. The lowest BCUT2D eigenvalue weighted by Crippen LogP contribution is -2.23. The Bertz CT molecular complexity index is 801. The highest BCUT2D eigenvalue weighted by Crippen LogP contribution is 2.31. The smallest absolute Gasteiger partial charge is 0.189 e. The van der Waals surface area contributed by atoms with Crippen molar-refractivity contribution in [2.45, 2.75) is 31.5 Å². The average molecular weight is 287 g/mol. The molecular formula is C14H17N5S. The van der Waals surface area contributed by atoms with Crippen molar-refractivity contribution in [3.05, 3.63) is 18.3 Å². The summed E-state index contributed by atoms with van der Waals surface area (Å²) in [6, 6.07) is 3.98. The molecule has 3 aromatic rings. The van der Waals surface area contributed by atoms with Gasteiger partial charge in [-0.2, -0.15) is 5.10 Å². The second-order valence-electron chi connectivity index (χ2n) is 5.72. The molecule has 0 radical (unpaired) electrons. The van der Waals surface area contributed by atoms with Gasteiger partial charge in [-0.1, -0.05) is 17.8 Å². The number of aromatic nitrogens is 4. The molecule has 1 aromatic carbocycles. The zero-order valence-electron chi connectivity index (χ0n) is 12.0. The quantitative estimate of drug-likeness (QED) is 0.550. The highest BCUT2D eigenvalue weighted by molar-refractivity contribution is 7.98. The third kappa shape index (κ3) is 1.91. The molecule has 0 spiro atoms. The Kier molecular flexibility index (Phi) is 2.86. The van der Waals surface area contributed by atoms with Crippen LogP contribution in [0.2, 0.25) is 0 Å². The van der Waals surface area contributed by atoms with Gasteiger partial charge in [-0.3, -0.25) is 4.68 Å². The van der Waals surface area contributed by atoms with Gasteiger partial charge in [0.1, 0.15) is 11.3 Å². The average Bonchev–Trinajstić information content (AvgIpc) is 2.82. The van der Waals surface area contributed by atoms with E-state index in [2.05, 4.69) is 35.8 Å². The van der Waals surface area contributed by atoms with Crippen molar-refractivity contribution in [1.29, 1.82) is 0 Å². The maximum atomic E-state index is 6.06. The Morgan fingerprint density at radius 3 is 2.60 bits per heavy atom. The Balaban J connectivity index is 2.50. The molecular weight excluding hydrogens is 270 g/mol. The number of fused-ring (bicyclic) bond motifs is 3. The van der Waals surface area contributed by atoms with Gasteiger partial charge < -0.3 is 5.73 Å². The summed E-state index contributed by atoms with van der Waals surface area (Å²) in [7, 11) is 0. The van der Waals surface area contributed by atoms with Crippen molar-refractivity contribution in [3.63, 3.8) is 0 Å². The van der Waals surface area contributed by atoms with E-state index in [9.17, 15) is 0 Å². The number of hydrogen-bond acceptors (Lipinski definition) is 5. The summed E-state index contributed by atoms with van der Waals surface area (Å²) in [6.45, 7) is 6.37. The molecule has 0 bridgehead atoms. The fourth-order valence-corrected chi connectivity index (χ4v) is 2.68. The highest BCUT2D eigenvalue weighted by atomic mass is 32.2. The minimum atomic E-state index is -0.116. The van der Waals surface area contributed by atoms with Gasteiger partial charge in [0.25, 0.3) is 0 Å². The van der Waals surface area contributed by atoms with E-state index in [0.29, 0.717) is 11.0 Å². The SMILES string of the molecule is CSc1nc(N)c2ccc3cnn(C(C)(C)C)c3c2n1. The molecule has 0 unspecified atom stereocenters. The van der Waals surface area contributed by atoms with Gasteiger partial charge in [0.15, 0.2) is 5.16 Å². The fraction of sp³-hybridized carbons (Fsp3) is 0.357.